The Morgan fingerprint density at radius 2 is 2.20 bits per heavy atom. The highest BCUT2D eigenvalue weighted by Crippen LogP contribution is 2.26. The Balaban J connectivity index is 2.61. The SMILES string of the molecule is Cn1nccc1C(CCC(C)(C)C)NN. The predicted octanol–water partition coefficient (Wildman–Crippen LogP) is 1.75. The summed E-state index contributed by atoms with van der Waals surface area (Å²) in [5, 5.41) is 4.15. The number of hydrogen-bond donors (Lipinski definition) is 2. The molecule has 0 spiro atoms. The van der Waals surface area contributed by atoms with E-state index in [1.165, 1.54) is 0 Å². The van der Waals surface area contributed by atoms with Gasteiger partial charge in [0.05, 0.1) is 11.7 Å². The van der Waals surface area contributed by atoms with Crippen molar-refractivity contribution in [1.29, 1.82) is 0 Å². The molecule has 86 valence electrons. The summed E-state index contributed by atoms with van der Waals surface area (Å²) in [5.74, 6) is 5.57. The summed E-state index contributed by atoms with van der Waals surface area (Å²) in [6.07, 6.45) is 3.96. The van der Waals surface area contributed by atoms with Crippen LogP contribution >= 0.6 is 0 Å². The maximum absolute atomic E-state index is 5.57. The Kier molecular flexibility index (Phi) is 3.88. The standard InChI is InChI=1S/C11H22N4/c1-11(2,3)7-5-9(14-12)10-6-8-13-15(10)4/h6,8-9,14H,5,7,12H2,1-4H3. The van der Waals surface area contributed by atoms with Crippen LogP contribution in [0.5, 0.6) is 0 Å². The molecule has 0 fully saturated rings. The molecule has 1 rings (SSSR count). The van der Waals surface area contributed by atoms with Gasteiger partial charge < -0.3 is 0 Å². The van der Waals surface area contributed by atoms with Gasteiger partial charge in [-0.05, 0) is 24.3 Å². The van der Waals surface area contributed by atoms with Crippen LogP contribution in [0.3, 0.4) is 0 Å². The third-order valence-electron chi connectivity index (χ3n) is 2.60. The van der Waals surface area contributed by atoms with Crippen LogP contribution in [-0.4, -0.2) is 9.78 Å². The maximum Gasteiger partial charge on any atom is 0.0629 e. The number of aryl methyl sites for hydroxylation is 1. The number of nitrogens with one attached hydrogen (secondary N) is 1. The molecule has 0 aliphatic rings. The molecular weight excluding hydrogens is 188 g/mol. The molecule has 1 aromatic heterocycles. The van der Waals surface area contributed by atoms with Crippen molar-refractivity contribution >= 4 is 0 Å². The maximum atomic E-state index is 5.57. The van der Waals surface area contributed by atoms with E-state index in [1.54, 1.807) is 6.20 Å². The molecule has 1 heterocycles. The van der Waals surface area contributed by atoms with Crippen LogP contribution in [-0.2, 0) is 7.05 Å². The average Bonchev–Trinajstić information content (AvgIpc) is 2.52. The van der Waals surface area contributed by atoms with Gasteiger partial charge in [-0.2, -0.15) is 5.10 Å². The molecule has 1 aromatic rings. The number of hydrazine groups is 1. The summed E-state index contributed by atoms with van der Waals surface area (Å²) in [6, 6.07) is 2.20. The molecule has 0 aliphatic heterocycles. The van der Waals surface area contributed by atoms with Crippen molar-refractivity contribution < 1.29 is 0 Å². The molecule has 4 nitrogen and oxygen atoms in total. The number of hydrogen-bond acceptors (Lipinski definition) is 3. The number of aromatic nitrogens is 2. The van der Waals surface area contributed by atoms with E-state index in [4.69, 9.17) is 5.84 Å². The van der Waals surface area contributed by atoms with Crippen molar-refractivity contribution in [2.75, 3.05) is 0 Å². The Bertz CT molecular complexity index is 298. The molecule has 1 unspecified atom stereocenters. The lowest BCUT2D eigenvalue weighted by molar-refractivity contribution is 0.328. The molecule has 1 atom stereocenters. The second-order valence-electron chi connectivity index (χ2n) is 5.20. The van der Waals surface area contributed by atoms with Crippen LogP contribution in [0.1, 0.15) is 45.3 Å². The van der Waals surface area contributed by atoms with Crippen LogP contribution in [0.2, 0.25) is 0 Å². The zero-order chi connectivity index (χ0) is 11.5. The van der Waals surface area contributed by atoms with Gasteiger partial charge in [-0.3, -0.25) is 16.0 Å². The smallest absolute Gasteiger partial charge is 0.0629 e. The minimum Gasteiger partial charge on any atom is -0.271 e. The lowest BCUT2D eigenvalue weighted by Gasteiger charge is -2.22. The van der Waals surface area contributed by atoms with Gasteiger partial charge in [-0.15, -0.1) is 0 Å². The van der Waals surface area contributed by atoms with Crippen LogP contribution in [0, 0.1) is 5.41 Å². The van der Waals surface area contributed by atoms with Gasteiger partial charge in [0.1, 0.15) is 0 Å². The summed E-state index contributed by atoms with van der Waals surface area (Å²) >= 11 is 0. The molecule has 0 bridgehead atoms. The monoisotopic (exact) mass is 210 g/mol. The van der Waals surface area contributed by atoms with Gasteiger partial charge in [0.2, 0.25) is 0 Å². The molecule has 15 heavy (non-hydrogen) atoms. The van der Waals surface area contributed by atoms with Crippen LogP contribution in [0.25, 0.3) is 0 Å². The summed E-state index contributed by atoms with van der Waals surface area (Å²) < 4.78 is 1.87. The normalized spacial score (nSPS) is 14.2. The zero-order valence-electron chi connectivity index (χ0n) is 10.1. The van der Waals surface area contributed by atoms with Gasteiger partial charge in [-0.25, -0.2) is 0 Å². The van der Waals surface area contributed by atoms with E-state index in [0.717, 1.165) is 18.5 Å². The van der Waals surface area contributed by atoms with Crippen molar-refractivity contribution in [2.45, 2.75) is 39.7 Å². The molecule has 0 amide bonds. The Morgan fingerprint density at radius 3 is 2.60 bits per heavy atom. The lowest BCUT2D eigenvalue weighted by atomic mass is 9.88. The number of nitrogens with zero attached hydrogens (tertiary/aromatic N) is 2. The Labute approximate surface area is 91.8 Å². The van der Waals surface area contributed by atoms with E-state index in [1.807, 2.05) is 17.8 Å². The van der Waals surface area contributed by atoms with Crippen molar-refractivity contribution in [1.82, 2.24) is 15.2 Å². The van der Waals surface area contributed by atoms with Crippen molar-refractivity contribution in [2.24, 2.45) is 18.3 Å². The fourth-order valence-corrected chi connectivity index (χ4v) is 1.62. The van der Waals surface area contributed by atoms with Gasteiger partial charge in [-0.1, -0.05) is 20.8 Å². The molecule has 0 saturated carbocycles. The van der Waals surface area contributed by atoms with Crippen molar-refractivity contribution in [3.8, 4) is 0 Å². The molecule has 0 aliphatic carbocycles. The number of rotatable bonds is 4. The first-order chi connectivity index (χ1) is 6.94. The van der Waals surface area contributed by atoms with Gasteiger partial charge in [0, 0.05) is 13.2 Å². The van der Waals surface area contributed by atoms with Gasteiger partial charge in [0.25, 0.3) is 0 Å². The second kappa shape index (κ2) is 4.77. The van der Waals surface area contributed by atoms with Gasteiger partial charge >= 0.3 is 0 Å². The fourth-order valence-electron chi connectivity index (χ4n) is 1.62. The summed E-state index contributed by atoms with van der Waals surface area (Å²) in [7, 11) is 1.94. The topological polar surface area (TPSA) is 55.9 Å². The van der Waals surface area contributed by atoms with E-state index in [0.29, 0.717) is 5.41 Å². The van der Waals surface area contributed by atoms with E-state index >= 15 is 0 Å². The Hall–Kier alpha value is -0.870. The summed E-state index contributed by atoms with van der Waals surface area (Å²) in [4.78, 5) is 0. The highest BCUT2D eigenvalue weighted by atomic mass is 15.3. The lowest BCUT2D eigenvalue weighted by Crippen LogP contribution is -2.30. The molecule has 0 saturated heterocycles. The van der Waals surface area contributed by atoms with Crippen LogP contribution in [0.15, 0.2) is 12.3 Å². The highest BCUT2D eigenvalue weighted by molar-refractivity contribution is 5.06. The number of nitrogens with two attached hydrogens (primary N) is 1. The summed E-state index contributed by atoms with van der Waals surface area (Å²) in [5.41, 5.74) is 4.34. The third kappa shape index (κ3) is 3.64. The molecule has 3 N–H and O–H groups in total. The quantitative estimate of drug-likeness (QED) is 0.588. The average molecular weight is 210 g/mol. The first kappa shape index (κ1) is 12.2. The first-order valence-electron chi connectivity index (χ1n) is 5.38. The zero-order valence-corrected chi connectivity index (χ0v) is 10.1. The summed E-state index contributed by atoms with van der Waals surface area (Å²) in [6.45, 7) is 6.72. The Morgan fingerprint density at radius 1 is 1.53 bits per heavy atom. The molecular formula is C11H22N4. The second-order valence-corrected chi connectivity index (χ2v) is 5.20. The fraction of sp³-hybridized carbons (Fsp3) is 0.727. The van der Waals surface area contributed by atoms with Crippen LogP contribution < -0.4 is 11.3 Å². The van der Waals surface area contributed by atoms with Gasteiger partial charge in [0.15, 0.2) is 0 Å². The largest absolute Gasteiger partial charge is 0.271 e. The molecule has 4 heteroatoms. The molecule has 0 aromatic carbocycles. The van der Waals surface area contributed by atoms with E-state index < -0.39 is 0 Å². The predicted molar refractivity (Wildman–Crippen MR) is 62.0 cm³/mol. The minimum absolute atomic E-state index is 0.191. The van der Waals surface area contributed by atoms with E-state index in [9.17, 15) is 0 Å². The van der Waals surface area contributed by atoms with Crippen molar-refractivity contribution in [3.05, 3.63) is 18.0 Å². The highest BCUT2D eigenvalue weighted by Gasteiger charge is 2.17. The first-order valence-corrected chi connectivity index (χ1v) is 5.38. The third-order valence-corrected chi connectivity index (χ3v) is 2.60. The molecule has 0 radical (unpaired) electrons. The van der Waals surface area contributed by atoms with E-state index in [2.05, 4.69) is 31.3 Å². The van der Waals surface area contributed by atoms with E-state index in [-0.39, 0.29) is 6.04 Å². The minimum atomic E-state index is 0.191. The van der Waals surface area contributed by atoms with Crippen LogP contribution in [0.4, 0.5) is 0 Å². The van der Waals surface area contributed by atoms with Crippen molar-refractivity contribution in [3.63, 3.8) is 0 Å².